The SMILES string of the molecule is CNC(C)C(=O)Nc1cc(-c2ccccc2)c(C)n(CC(=O)NCCc2ccccc2)c1=O. The molecule has 7 nitrogen and oxygen atoms in total. The molecule has 0 saturated heterocycles. The summed E-state index contributed by atoms with van der Waals surface area (Å²) in [5.74, 6) is -0.585. The lowest BCUT2D eigenvalue weighted by Crippen LogP contribution is -2.39. The molecule has 1 unspecified atom stereocenters. The molecule has 0 bridgehead atoms. The van der Waals surface area contributed by atoms with Crippen LogP contribution in [0.4, 0.5) is 5.69 Å². The van der Waals surface area contributed by atoms with Crippen molar-refractivity contribution in [2.75, 3.05) is 18.9 Å². The van der Waals surface area contributed by atoms with Crippen molar-refractivity contribution >= 4 is 17.5 Å². The molecule has 0 radical (unpaired) electrons. The number of nitrogens with zero attached hydrogens (tertiary/aromatic N) is 1. The Hall–Kier alpha value is -3.71. The molecule has 1 heterocycles. The van der Waals surface area contributed by atoms with Gasteiger partial charge in [0.1, 0.15) is 12.2 Å². The number of benzene rings is 2. The maximum atomic E-state index is 13.2. The number of nitrogens with one attached hydrogen (secondary N) is 3. The first kappa shape index (κ1) is 23.9. The molecule has 3 aromatic rings. The van der Waals surface area contributed by atoms with Crippen LogP contribution in [0.5, 0.6) is 0 Å². The number of pyridine rings is 1. The van der Waals surface area contributed by atoms with Gasteiger partial charge in [-0.2, -0.15) is 0 Å². The second-order valence-corrected chi connectivity index (χ2v) is 7.90. The Morgan fingerprint density at radius 3 is 2.27 bits per heavy atom. The van der Waals surface area contributed by atoms with Gasteiger partial charge in [-0.3, -0.25) is 14.4 Å². The van der Waals surface area contributed by atoms with Crippen LogP contribution < -0.4 is 21.5 Å². The molecule has 0 fully saturated rings. The summed E-state index contributed by atoms with van der Waals surface area (Å²) in [6.45, 7) is 3.85. The first-order chi connectivity index (χ1) is 15.9. The quantitative estimate of drug-likeness (QED) is 0.471. The van der Waals surface area contributed by atoms with Gasteiger partial charge in [0.15, 0.2) is 0 Å². The van der Waals surface area contributed by atoms with Crippen molar-refractivity contribution in [1.29, 1.82) is 0 Å². The van der Waals surface area contributed by atoms with Crippen molar-refractivity contribution in [3.8, 4) is 11.1 Å². The highest BCUT2D eigenvalue weighted by Crippen LogP contribution is 2.24. The summed E-state index contributed by atoms with van der Waals surface area (Å²) < 4.78 is 1.42. The van der Waals surface area contributed by atoms with Crippen LogP contribution in [-0.2, 0) is 22.6 Å². The molecule has 3 N–H and O–H groups in total. The van der Waals surface area contributed by atoms with Gasteiger partial charge in [0, 0.05) is 17.8 Å². The Kier molecular flexibility index (Phi) is 8.16. The number of likely N-dealkylation sites (N-methyl/N-ethyl adjacent to an activating group) is 1. The van der Waals surface area contributed by atoms with E-state index in [1.807, 2.05) is 67.6 Å². The Labute approximate surface area is 193 Å². The molecule has 0 aliphatic carbocycles. The summed E-state index contributed by atoms with van der Waals surface area (Å²) in [7, 11) is 1.67. The van der Waals surface area contributed by atoms with Crippen LogP contribution in [0.2, 0.25) is 0 Å². The number of carbonyl (C=O) groups is 2. The van der Waals surface area contributed by atoms with Gasteiger partial charge in [0.2, 0.25) is 11.8 Å². The monoisotopic (exact) mass is 446 g/mol. The molecule has 33 heavy (non-hydrogen) atoms. The van der Waals surface area contributed by atoms with Crippen molar-refractivity contribution < 1.29 is 9.59 Å². The van der Waals surface area contributed by atoms with Crippen molar-refractivity contribution in [1.82, 2.24) is 15.2 Å². The van der Waals surface area contributed by atoms with Crippen molar-refractivity contribution in [3.05, 3.63) is 88.3 Å². The zero-order valence-corrected chi connectivity index (χ0v) is 19.2. The fraction of sp³-hybridized carbons (Fsp3) is 0.269. The molecule has 3 rings (SSSR count). The number of anilines is 1. The zero-order chi connectivity index (χ0) is 23.8. The average molecular weight is 447 g/mol. The predicted octanol–water partition coefficient (Wildman–Crippen LogP) is 2.73. The molecule has 2 aromatic carbocycles. The number of amides is 2. The summed E-state index contributed by atoms with van der Waals surface area (Å²) >= 11 is 0. The molecule has 1 aromatic heterocycles. The zero-order valence-electron chi connectivity index (χ0n) is 19.2. The Morgan fingerprint density at radius 1 is 1.00 bits per heavy atom. The molecular formula is C26H30N4O3. The molecule has 1 atom stereocenters. The number of hydrogen-bond donors (Lipinski definition) is 3. The smallest absolute Gasteiger partial charge is 0.275 e. The average Bonchev–Trinajstić information content (AvgIpc) is 2.84. The van der Waals surface area contributed by atoms with Crippen molar-refractivity contribution in [2.45, 2.75) is 32.9 Å². The Balaban J connectivity index is 1.87. The van der Waals surface area contributed by atoms with E-state index >= 15 is 0 Å². The van der Waals surface area contributed by atoms with Gasteiger partial charge < -0.3 is 20.5 Å². The Bertz CT molecular complexity index is 1160. The lowest BCUT2D eigenvalue weighted by Gasteiger charge is -2.18. The van der Waals surface area contributed by atoms with E-state index < -0.39 is 11.6 Å². The van der Waals surface area contributed by atoms with Crippen LogP contribution in [0.25, 0.3) is 11.1 Å². The molecule has 0 aliphatic rings. The maximum Gasteiger partial charge on any atom is 0.275 e. The molecule has 7 heteroatoms. The van der Waals surface area contributed by atoms with E-state index in [0.717, 1.165) is 16.7 Å². The molecule has 0 aliphatic heterocycles. The fourth-order valence-corrected chi connectivity index (χ4v) is 3.51. The lowest BCUT2D eigenvalue weighted by molar-refractivity contribution is -0.121. The third kappa shape index (κ3) is 6.17. The van der Waals surface area contributed by atoms with Gasteiger partial charge in [-0.05, 0) is 44.5 Å². The second-order valence-electron chi connectivity index (χ2n) is 7.90. The standard InChI is InChI=1S/C26H30N4O3/c1-18(27-3)25(32)29-23-16-22(21-12-8-5-9-13-21)19(2)30(26(23)33)17-24(31)28-15-14-20-10-6-4-7-11-20/h4-13,16,18,27H,14-15,17H2,1-3H3,(H,28,31)(H,29,32). The van der Waals surface area contributed by atoms with E-state index in [0.29, 0.717) is 18.7 Å². The first-order valence-corrected chi connectivity index (χ1v) is 11.0. The second kappa shape index (κ2) is 11.2. The van der Waals surface area contributed by atoms with Crippen LogP contribution in [0.3, 0.4) is 0 Å². The van der Waals surface area contributed by atoms with Gasteiger partial charge >= 0.3 is 0 Å². The molecule has 0 spiro atoms. The molecule has 172 valence electrons. The van der Waals surface area contributed by atoms with Gasteiger partial charge in [-0.1, -0.05) is 60.7 Å². The van der Waals surface area contributed by atoms with Gasteiger partial charge in [0.05, 0.1) is 6.04 Å². The van der Waals surface area contributed by atoms with Gasteiger partial charge in [0.25, 0.3) is 5.56 Å². The third-order valence-electron chi connectivity index (χ3n) is 5.61. The minimum atomic E-state index is -0.472. The normalized spacial score (nSPS) is 11.6. The highest BCUT2D eigenvalue weighted by molar-refractivity contribution is 5.95. The number of hydrogen-bond acceptors (Lipinski definition) is 4. The van der Waals surface area contributed by atoms with Crippen LogP contribution in [0.15, 0.2) is 71.5 Å². The first-order valence-electron chi connectivity index (χ1n) is 11.0. The summed E-state index contributed by atoms with van der Waals surface area (Å²) in [6.07, 6.45) is 0.702. The van der Waals surface area contributed by atoms with E-state index in [4.69, 9.17) is 0 Å². The van der Waals surface area contributed by atoms with E-state index in [9.17, 15) is 14.4 Å². The predicted molar refractivity (Wildman–Crippen MR) is 131 cm³/mol. The van der Waals surface area contributed by atoms with E-state index in [1.165, 1.54) is 4.57 Å². The molecular weight excluding hydrogens is 416 g/mol. The van der Waals surface area contributed by atoms with E-state index in [2.05, 4.69) is 16.0 Å². The summed E-state index contributed by atoms with van der Waals surface area (Å²) in [5, 5.41) is 8.46. The number of aromatic nitrogens is 1. The van der Waals surface area contributed by atoms with E-state index in [1.54, 1.807) is 20.0 Å². The maximum absolute atomic E-state index is 13.2. The highest BCUT2D eigenvalue weighted by atomic mass is 16.2. The van der Waals surface area contributed by atoms with Gasteiger partial charge in [-0.25, -0.2) is 0 Å². The number of rotatable bonds is 9. The molecule has 2 amide bonds. The van der Waals surface area contributed by atoms with Crippen molar-refractivity contribution in [2.24, 2.45) is 0 Å². The van der Waals surface area contributed by atoms with Crippen LogP contribution in [0, 0.1) is 6.92 Å². The third-order valence-corrected chi connectivity index (χ3v) is 5.61. The summed E-state index contributed by atoms with van der Waals surface area (Å²) in [6, 6.07) is 20.7. The minimum Gasteiger partial charge on any atom is -0.354 e. The molecule has 0 saturated carbocycles. The largest absolute Gasteiger partial charge is 0.354 e. The topological polar surface area (TPSA) is 92.2 Å². The lowest BCUT2D eigenvalue weighted by atomic mass is 10.0. The van der Waals surface area contributed by atoms with Crippen LogP contribution >= 0.6 is 0 Å². The highest BCUT2D eigenvalue weighted by Gasteiger charge is 2.18. The van der Waals surface area contributed by atoms with Crippen LogP contribution in [-0.4, -0.2) is 36.0 Å². The van der Waals surface area contributed by atoms with Crippen molar-refractivity contribution in [3.63, 3.8) is 0 Å². The summed E-state index contributed by atoms with van der Waals surface area (Å²) in [5.41, 5.74) is 3.18. The van der Waals surface area contributed by atoms with E-state index in [-0.39, 0.29) is 24.0 Å². The summed E-state index contributed by atoms with van der Waals surface area (Å²) in [4.78, 5) is 38.3. The van der Waals surface area contributed by atoms with Crippen LogP contribution in [0.1, 0.15) is 18.2 Å². The fourth-order valence-electron chi connectivity index (χ4n) is 3.51. The minimum absolute atomic E-state index is 0.134. The van der Waals surface area contributed by atoms with Gasteiger partial charge in [-0.15, -0.1) is 0 Å². The number of carbonyl (C=O) groups excluding carboxylic acids is 2. The Morgan fingerprint density at radius 2 is 1.64 bits per heavy atom.